The average Bonchev–Trinajstić information content (AvgIpc) is 2.56. The van der Waals surface area contributed by atoms with Crippen molar-refractivity contribution in [1.82, 2.24) is 9.80 Å². The Morgan fingerprint density at radius 2 is 2.25 bits per heavy atom. The first kappa shape index (κ1) is 13.2. The molecular formula is C10H22N4O2. The maximum absolute atomic E-state index is 9.68. The highest BCUT2D eigenvalue weighted by Crippen LogP contribution is 2.21. The Hall–Kier alpha value is -0.850. The van der Waals surface area contributed by atoms with Gasteiger partial charge in [-0.15, -0.1) is 0 Å². The van der Waals surface area contributed by atoms with Crippen LogP contribution in [-0.4, -0.2) is 71.3 Å². The molecule has 0 aromatic heterocycles. The van der Waals surface area contributed by atoms with Crippen molar-refractivity contribution in [3.8, 4) is 0 Å². The van der Waals surface area contributed by atoms with Gasteiger partial charge in [-0.05, 0) is 27.4 Å². The zero-order valence-corrected chi connectivity index (χ0v) is 10.2. The van der Waals surface area contributed by atoms with Crippen LogP contribution in [0.5, 0.6) is 0 Å². The van der Waals surface area contributed by atoms with Gasteiger partial charge in [0.15, 0.2) is 5.84 Å². The molecule has 4 N–H and O–H groups in total. The van der Waals surface area contributed by atoms with Gasteiger partial charge < -0.3 is 20.9 Å². The SMILES string of the molecule is CC(C(N)=NO)N1CC(O)CC1CN(C)C. The second-order valence-corrected chi connectivity index (χ2v) is 4.70. The number of likely N-dealkylation sites (tertiary alicyclic amines) is 1. The van der Waals surface area contributed by atoms with Crippen LogP contribution < -0.4 is 5.73 Å². The summed E-state index contributed by atoms with van der Waals surface area (Å²) in [6, 6.07) is 0.104. The summed E-state index contributed by atoms with van der Waals surface area (Å²) < 4.78 is 0. The van der Waals surface area contributed by atoms with Gasteiger partial charge in [-0.2, -0.15) is 0 Å². The first-order chi connectivity index (χ1) is 7.45. The van der Waals surface area contributed by atoms with E-state index in [0.29, 0.717) is 6.54 Å². The summed E-state index contributed by atoms with van der Waals surface area (Å²) in [5.41, 5.74) is 5.60. The van der Waals surface area contributed by atoms with Gasteiger partial charge in [0.05, 0.1) is 12.1 Å². The zero-order valence-electron chi connectivity index (χ0n) is 10.2. The van der Waals surface area contributed by atoms with Crippen LogP contribution in [0, 0.1) is 0 Å². The van der Waals surface area contributed by atoms with Crippen molar-refractivity contribution in [3.63, 3.8) is 0 Å². The van der Waals surface area contributed by atoms with Gasteiger partial charge >= 0.3 is 0 Å². The predicted molar refractivity (Wildman–Crippen MR) is 62.5 cm³/mol. The Bertz CT molecular complexity index is 257. The fraction of sp³-hybridized carbons (Fsp3) is 0.900. The number of aliphatic hydroxyl groups excluding tert-OH is 1. The fourth-order valence-electron chi connectivity index (χ4n) is 2.25. The molecule has 0 aromatic carbocycles. The summed E-state index contributed by atoms with van der Waals surface area (Å²) in [7, 11) is 3.99. The van der Waals surface area contributed by atoms with E-state index in [-0.39, 0.29) is 24.0 Å². The molecule has 1 aliphatic heterocycles. The molecule has 6 heteroatoms. The topological polar surface area (TPSA) is 85.3 Å². The van der Waals surface area contributed by atoms with Gasteiger partial charge in [0.1, 0.15) is 0 Å². The number of oxime groups is 1. The quantitative estimate of drug-likeness (QED) is 0.253. The number of nitrogens with zero attached hydrogens (tertiary/aromatic N) is 3. The third-order valence-corrected chi connectivity index (χ3v) is 3.05. The van der Waals surface area contributed by atoms with E-state index >= 15 is 0 Å². The summed E-state index contributed by atoms with van der Waals surface area (Å²) in [6.07, 6.45) is 0.417. The van der Waals surface area contributed by atoms with Crippen molar-refractivity contribution in [2.45, 2.75) is 31.5 Å². The van der Waals surface area contributed by atoms with Crippen LogP contribution in [0.4, 0.5) is 0 Å². The van der Waals surface area contributed by atoms with E-state index in [1.807, 2.05) is 21.0 Å². The van der Waals surface area contributed by atoms with E-state index in [0.717, 1.165) is 13.0 Å². The second kappa shape index (κ2) is 5.47. The molecule has 1 fully saturated rings. The molecule has 1 rings (SSSR count). The standard InChI is InChI=1S/C10H22N4O2/c1-7(10(11)12-16)14-6-9(15)4-8(14)5-13(2)3/h7-9,15-16H,4-6H2,1-3H3,(H2,11,12). The number of aliphatic hydroxyl groups is 1. The molecule has 0 bridgehead atoms. The van der Waals surface area contributed by atoms with Crippen molar-refractivity contribution in [1.29, 1.82) is 0 Å². The highest BCUT2D eigenvalue weighted by atomic mass is 16.4. The highest BCUT2D eigenvalue weighted by Gasteiger charge is 2.35. The summed E-state index contributed by atoms with van der Waals surface area (Å²) in [4.78, 5) is 4.16. The van der Waals surface area contributed by atoms with Gasteiger partial charge in [0, 0.05) is 19.1 Å². The molecular weight excluding hydrogens is 208 g/mol. The van der Waals surface area contributed by atoms with Crippen LogP contribution in [-0.2, 0) is 0 Å². The summed E-state index contributed by atoms with van der Waals surface area (Å²) >= 11 is 0. The normalized spacial score (nSPS) is 29.9. The number of hydrogen-bond acceptors (Lipinski definition) is 5. The lowest BCUT2D eigenvalue weighted by molar-refractivity contribution is 0.163. The van der Waals surface area contributed by atoms with Crippen LogP contribution in [0.15, 0.2) is 5.16 Å². The monoisotopic (exact) mass is 230 g/mol. The van der Waals surface area contributed by atoms with Gasteiger partial charge in [-0.1, -0.05) is 5.16 Å². The van der Waals surface area contributed by atoms with Gasteiger partial charge in [-0.3, -0.25) is 4.90 Å². The van der Waals surface area contributed by atoms with E-state index in [9.17, 15) is 5.11 Å². The number of rotatable bonds is 4. The van der Waals surface area contributed by atoms with E-state index < -0.39 is 0 Å². The molecule has 0 amide bonds. The Kier molecular flexibility index (Phi) is 4.52. The van der Waals surface area contributed by atoms with E-state index in [1.165, 1.54) is 0 Å². The summed E-state index contributed by atoms with van der Waals surface area (Å²) in [5.74, 6) is 0.192. The number of nitrogens with two attached hydrogens (primary N) is 1. The third-order valence-electron chi connectivity index (χ3n) is 3.05. The summed E-state index contributed by atoms with van der Waals surface area (Å²) in [6.45, 7) is 3.33. The molecule has 6 nitrogen and oxygen atoms in total. The smallest absolute Gasteiger partial charge is 0.156 e. The molecule has 94 valence electrons. The van der Waals surface area contributed by atoms with Crippen LogP contribution in [0.25, 0.3) is 0 Å². The molecule has 16 heavy (non-hydrogen) atoms. The first-order valence-electron chi connectivity index (χ1n) is 5.51. The van der Waals surface area contributed by atoms with Crippen molar-refractivity contribution < 1.29 is 10.3 Å². The Balaban J connectivity index is 2.69. The fourth-order valence-corrected chi connectivity index (χ4v) is 2.25. The number of hydrogen-bond donors (Lipinski definition) is 3. The minimum atomic E-state index is -0.320. The molecule has 1 aliphatic rings. The summed E-state index contributed by atoms with van der Waals surface area (Å²) in [5, 5.41) is 21.4. The molecule has 1 saturated heterocycles. The van der Waals surface area contributed by atoms with Crippen LogP contribution >= 0.6 is 0 Å². The minimum absolute atomic E-state index is 0.146. The maximum atomic E-state index is 9.68. The molecule has 3 atom stereocenters. The molecule has 0 spiro atoms. The lowest BCUT2D eigenvalue weighted by atomic mass is 10.1. The Morgan fingerprint density at radius 3 is 2.75 bits per heavy atom. The molecule has 0 radical (unpaired) electrons. The highest BCUT2D eigenvalue weighted by molar-refractivity contribution is 5.84. The van der Waals surface area contributed by atoms with Gasteiger partial charge in [0.2, 0.25) is 0 Å². The number of likely N-dealkylation sites (N-methyl/N-ethyl adjacent to an activating group) is 1. The average molecular weight is 230 g/mol. The lowest BCUT2D eigenvalue weighted by Crippen LogP contribution is -2.48. The predicted octanol–water partition coefficient (Wildman–Crippen LogP) is -0.882. The molecule has 0 aromatic rings. The zero-order chi connectivity index (χ0) is 12.3. The maximum Gasteiger partial charge on any atom is 0.156 e. The van der Waals surface area contributed by atoms with Crippen molar-refractivity contribution in [2.24, 2.45) is 10.9 Å². The number of β-amino-alcohol motifs (C(OH)–C–C–N with tert-alkyl or cyclic N) is 1. The second-order valence-electron chi connectivity index (χ2n) is 4.70. The van der Waals surface area contributed by atoms with Crippen molar-refractivity contribution >= 4 is 5.84 Å². The van der Waals surface area contributed by atoms with Crippen LogP contribution in [0.2, 0.25) is 0 Å². The van der Waals surface area contributed by atoms with Crippen LogP contribution in [0.1, 0.15) is 13.3 Å². The first-order valence-corrected chi connectivity index (χ1v) is 5.51. The van der Waals surface area contributed by atoms with Crippen molar-refractivity contribution in [3.05, 3.63) is 0 Å². The Labute approximate surface area is 96.3 Å². The van der Waals surface area contributed by atoms with E-state index in [1.54, 1.807) is 0 Å². The lowest BCUT2D eigenvalue weighted by Gasteiger charge is -2.31. The third kappa shape index (κ3) is 3.07. The van der Waals surface area contributed by atoms with E-state index in [4.69, 9.17) is 10.9 Å². The molecule has 1 heterocycles. The molecule has 3 unspecified atom stereocenters. The van der Waals surface area contributed by atoms with Crippen LogP contribution in [0.3, 0.4) is 0 Å². The number of amidine groups is 1. The van der Waals surface area contributed by atoms with Gasteiger partial charge in [-0.25, -0.2) is 0 Å². The minimum Gasteiger partial charge on any atom is -0.409 e. The molecule has 0 saturated carbocycles. The largest absolute Gasteiger partial charge is 0.409 e. The Morgan fingerprint density at radius 1 is 1.62 bits per heavy atom. The van der Waals surface area contributed by atoms with Crippen molar-refractivity contribution in [2.75, 3.05) is 27.2 Å². The van der Waals surface area contributed by atoms with E-state index in [2.05, 4.69) is 15.0 Å². The van der Waals surface area contributed by atoms with Gasteiger partial charge in [0.25, 0.3) is 0 Å². The molecule has 0 aliphatic carbocycles.